The van der Waals surface area contributed by atoms with E-state index in [9.17, 15) is 4.79 Å². The maximum absolute atomic E-state index is 11.6. The van der Waals surface area contributed by atoms with Crippen LogP contribution in [-0.4, -0.2) is 20.3 Å². The predicted octanol–water partition coefficient (Wildman–Crippen LogP) is 1.22. The summed E-state index contributed by atoms with van der Waals surface area (Å²) in [7, 11) is 0. The largest absolute Gasteiger partial charge is 0.381 e. The Morgan fingerprint density at radius 2 is 2.20 bits per heavy atom. The van der Waals surface area contributed by atoms with Gasteiger partial charge in [0, 0.05) is 30.1 Å². The standard InChI is InChI=1S/C14H11N5O/c15-12-13-16-3-4-19(13)11(7-17-12)8-1-2-10-9(5-8)6-18-14(10)20/h1-5,7H,6H2,(H2,15,17)(H,18,20). The van der Waals surface area contributed by atoms with Crippen LogP contribution in [-0.2, 0) is 6.54 Å². The van der Waals surface area contributed by atoms with Crippen LogP contribution in [0.15, 0.2) is 36.8 Å². The van der Waals surface area contributed by atoms with Crippen LogP contribution in [0.4, 0.5) is 5.82 Å². The fourth-order valence-corrected chi connectivity index (χ4v) is 2.54. The number of anilines is 1. The molecule has 0 fully saturated rings. The van der Waals surface area contributed by atoms with Crippen LogP contribution in [0.2, 0.25) is 0 Å². The number of amides is 1. The van der Waals surface area contributed by atoms with E-state index in [1.54, 1.807) is 12.4 Å². The Hall–Kier alpha value is -2.89. The molecule has 20 heavy (non-hydrogen) atoms. The Balaban J connectivity index is 1.94. The molecule has 0 aliphatic carbocycles. The predicted molar refractivity (Wildman–Crippen MR) is 74.0 cm³/mol. The van der Waals surface area contributed by atoms with Crippen LogP contribution in [0.1, 0.15) is 15.9 Å². The molecule has 98 valence electrons. The summed E-state index contributed by atoms with van der Waals surface area (Å²) >= 11 is 0. The van der Waals surface area contributed by atoms with Crippen molar-refractivity contribution in [3.8, 4) is 11.3 Å². The number of nitrogens with one attached hydrogen (secondary N) is 1. The van der Waals surface area contributed by atoms with Gasteiger partial charge in [-0.1, -0.05) is 6.07 Å². The molecule has 6 heteroatoms. The zero-order chi connectivity index (χ0) is 13.7. The molecule has 0 saturated carbocycles. The number of nitrogens with two attached hydrogens (primary N) is 1. The van der Waals surface area contributed by atoms with Gasteiger partial charge in [-0.3, -0.25) is 9.20 Å². The maximum Gasteiger partial charge on any atom is 0.251 e. The van der Waals surface area contributed by atoms with Gasteiger partial charge in [-0.2, -0.15) is 0 Å². The van der Waals surface area contributed by atoms with Crippen molar-refractivity contribution in [1.29, 1.82) is 0 Å². The summed E-state index contributed by atoms with van der Waals surface area (Å²) in [5.74, 6) is 0.381. The normalized spacial score (nSPS) is 13.5. The number of hydrogen-bond donors (Lipinski definition) is 2. The quantitative estimate of drug-likeness (QED) is 0.692. The van der Waals surface area contributed by atoms with Crippen molar-refractivity contribution in [2.75, 3.05) is 5.73 Å². The molecule has 0 radical (unpaired) electrons. The first kappa shape index (κ1) is 11.0. The molecule has 3 heterocycles. The monoisotopic (exact) mass is 265 g/mol. The number of rotatable bonds is 1. The lowest BCUT2D eigenvalue weighted by atomic mass is 10.0. The van der Waals surface area contributed by atoms with Crippen LogP contribution in [0, 0.1) is 0 Å². The lowest BCUT2D eigenvalue weighted by molar-refractivity contribution is 0.0966. The summed E-state index contributed by atoms with van der Waals surface area (Å²) in [6.07, 6.45) is 5.25. The van der Waals surface area contributed by atoms with E-state index in [0.717, 1.165) is 22.4 Å². The Morgan fingerprint density at radius 3 is 3.10 bits per heavy atom. The Bertz CT molecular complexity index is 852. The summed E-state index contributed by atoms with van der Waals surface area (Å²) in [5.41, 5.74) is 10.1. The minimum absolute atomic E-state index is 0.0187. The lowest BCUT2D eigenvalue weighted by Crippen LogP contribution is -2.12. The molecule has 1 amide bonds. The first-order valence-corrected chi connectivity index (χ1v) is 6.23. The molecule has 3 aromatic rings. The highest BCUT2D eigenvalue weighted by molar-refractivity contribution is 5.98. The van der Waals surface area contributed by atoms with Gasteiger partial charge in [0.2, 0.25) is 0 Å². The molecular formula is C14H11N5O. The number of carbonyl (C=O) groups is 1. The first-order chi connectivity index (χ1) is 9.74. The highest BCUT2D eigenvalue weighted by Gasteiger charge is 2.19. The van der Waals surface area contributed by atoms with Crippen LogP contribution >= 0.6 is 0 Å². The molecule has 0 bridgehead atoms. The van der Waals surface area contributed by atoms with Crippen molar-refractivity contribution in [3.63, 3.8) is 0 Å². The fraction of sp³-hybridized carbons (Fsp3) is 0.0714. The second-order valence-electron chi connectivity index (χ2n) is 4.70. The summed E-state index contributed by atoms with van der Waals surface area (Å²) in [6.45, 7) is 0.567. The minimum Gasteiger partial charge on any atom is -0.381 e. The molecule has 2 aromatic heterocycles. The minimum atomic E-state index is -0.0187. The molecule has 0 spiro atoms. The molecule has 1 aliphatic heterocycles. The van der Waals surface area contributed by atoms with Gasteiger partial charge in [0.25, 0.3) is 5.91 Å². The number of carbonyl (C=O) groups excluding carboxylic acids is 1. The van der Waals surface area contributed by atoms with Gasteiger partial charge in [0.05, 0.1) is 11.9 Å². The number of nitrogen functional groups attached to an aromatic ring is 1. The second-order valence-corrected chi connectivity index (χ2v) is 4.70. The van der Waals surface area contributed by atoms with E-state index in [-0.39, 0.29) is 5.91 Å². The highest BCUT2D eigenvalue weighted by Crippen LogP contribution is 2.26. The summed E-state index contributed by atoms with van der Waals surface area (Å²) in [6, 6.07) is 5.75. The number of benzene rings is 1. The SMILES string of the molecule is Nc1ncc(-c2ccc3c(c2)CNC3=O)n2ccnc12. The average molecular weight is 265 g/mol. The van der Waals surface area contributed by atoms with E-state index in [4.69, 9.17) is 5.73 Å². The van der Waals surface area contributed by atoms with Crippen molar-refractivity contribution < 1.29 is 4.79 Å². The van der Waals surface area contributed by atoms with E-state index in [0.29, 0.717) is 18.0 Å². The fourth-order valence-electron chi connectivity index (χ4n) is 2.54. The Morgan fingerprint density at radius 1 is 1.30 bits per heavy atom. The van der Waals surface area contributed by atoms with Crippen LogP contribution in [0.5, 0.6) is 0 Å². The van der Waals surface area contributed by atoms with Crippen molar-refractivity contribution in [1.82, 2.24) is 19.7 Å². The van der Waals surface area contributed by atoms with Crippen molar-refractivity contribution in [2.45, 2.75) is 6.54 Å². The number of fused-ring (bicyclic) bond motifs is 2. The van der Waals surface area contributed by atoms with Crippen LogP contribution in [0.25, 0.3) is 16.9 Å². The van der Waals surface area contributed by atoms with Crippen molar-refractivity contribution in [3.05, 3.63) is 47.9 Å². The smallest absolute Gasteiger partial charge is 0.251 e. The molecule has 1 aromatic carbocycles. The highest BCUT2D eigenvalue weighted by atomic mass is 16.1. The third-order valence-electron chi connectivity index (χ3n) is 3.54. The van der Waals surface area contributed by atoms with Gasteiger partial charge < -0.3 is 11.1 Å². The molecule has 0 saturated heterocycles. The molecule has 0 atom stereocenters. The number of aromatic nitrogens is 3. The topological polar surface area (TPSA) is 85.3 Å². The first-order valence-electron chi connectivity index (χ1n) is 6.23. The molecular weight excluding hydrogens is 254 g/mol. The molecule has 1 aliphatic rings. The zero-order valence-corrected chi connectivity index (χ0v) is 10.5. The molecule has 0 unspecified atom stereocenters. The van der Waals surface area contributed by atoms with E-state index in [2.05, 4.69) is 15.3 Å². The zero-order valence-electron chi connectivity index (χ0n) is 10.5. The Labute approximate surface area is 114 Å². The second kappa shape index (κ2) is 3.80. The summed E-state index contributed by atoms with van der Waals surface area (Å²) in [5, 5.41) is 2.81. The summed E-state index contributed by atoms with van der Waals surface area (Å²) < 4.78 is 1.90. The van der Waals surface area contributed by atoms with Gasteiger partial charge in [-0.15, -0.1) is 0 Å². The average Bonchev–Trinajstić information content (AvgIpc) is 3.07. The van der Waals surface area contributed by atoms with Gasteiger partial charge >= 0.3 is 0 Å². The van der Waals surface area contributed by atoms with Crippen LogP contribution in [0.3, 0.4) is 0 Å². The van der Waals surface area contributed by atoms with Gasteiger partial charge in [-0.25, -0.2) is 9.97 Å². The van der Waals surface area contributed by atoms with Crippen molar-refractivity contribution in [2.24, 2.45) is 0 Å². The van der Waals surface area contributed by atoms with E-state index >= 15 is 0 Å². The van der Waals surface area contributed by atoms with E-state index in [1.807, 2.05) is 28.8 Å². The van der Waals surface area contributed by atoms with Crippen LogP contribution < -0.4 is 11.1 Å². The Kier molecular flexibility index (Phi) is 2.09. The molecule has 3 N–H and O–H groups in total. The van der Waals surface area contributed by atoms with Gasteiger partial charge in [0.15, 0.2) is 11.5 Å². The summed E-state index contributed by atoms with van der Waals surface area (Å²) in [4.78, 5) is 19.9. The van der Waals surface area contributed by atoms with E-state index in [1.165, 1.54) is 0 Å². The van der Waals surface area contributed by atoms with E-state index < -0.39 is 0 Å². The molecule has 6 nitrogen and oxygen atoms in total. The van der Waals surface area contributed by atoms with Gasteiger partial charge in [-0.05, 0) is 17.7 Å². The maximum atomic E-state index is 11.6. The molecule has 4 rings (SSSR count). The third kappa shape index (κ3) is 1.41. The number of nitrogens with zero attached hydrogens (tertiary/aromatic N) is 3. The lowest BCUT2D eigenvalue weighted by Gasteiger charge is -2.07. The number of imidazole rings is 1. The number of hydrogen-bond acceptors (Lipinski definition) is 4. The van der Waals surface area contributed by atoms with Gasteiger partial charge in [0.1, 0.15) is 0 Å². The van der Waals surface area contributed by atoms with Crippen molar-refractivity contribution >= 4 is 17.4 Å². The third-order valence-corrected chi connectivity index (χ3v) is 3.54.